The van der Waals surface area contributed by atoms with E-state index < -0.39 is 0 Å². The third kappa shape index (κ3) is 5.31. The Labute approximate surface area is 172 Å². The standard InChI is InChI=1S/C20H29Cl2N5/c1-13(2)18(26(6)7)19-23-24-25-27(19)17(20(3,4)5)11-9-14-8-10-15(21)12-16(14)22/h8-13,17-18H,1-7H3/p+1/b11-9+/t17-,18+/m0/s1. The summed E-state index contributed by atoms with van der Waals surface area (Å²) in [5.74, 6) is 1.31. The summed E-state index contributed by atoms with van der Waals surface area (Å²) in [5.41, 5.74) is 0.839. The van der Waals surface area contributed by atoms with Gasteiger partial charge in [0.25, 0.3) is 0 Å². The summed E-state index contributed by atoms with van der Waals surface area (Å²) < 4.78 is 1.96. The summed E-state index contributed by atoms with van der Waals surface area (Å²) in [5, 5.41) is 14.0. The highest BCUT2D eigenvalue weighted by molar-refractivity contribution is 6.35. The number of rotatable bonds is 6. The largest absolute Gasteiger partial charge is 0.331 e. The second-order valence-corrected chi connectivity index (χ2v) is 9.46. The molecule has 0 amide bonds. The van der Waals surface area contributed by atoms with Gasteiger partial charge < -0.3 is 4.90 Å². The number of quaternary nitrogens is 1. The average Bonchev–Trinajstić information content (AvgIpc) is 2.96. The van der Waals surface area contributed by atoms with Crippen LogP contribution in [0.15, 0.2) is 24.3 Å². The number of hydrogen-bond donors (Lipinski definition) is 1. The Hall–Kier alpha value is -1.43. The third-order valence-electron chi connectivity index (χ3n) is 4.66. The molecule has 148 valence electrons. The van der Waals surface area contributed by atoms with Crippen molar-refractivity contribution in [3.63, 3.8) is 0 Å². The van der Waals surface area contributed by atoms with Crippen LogP contribution in [-0.2, 0) is 0 Å². The number of hydrogen-bond acceptors (Lipinski definition) is 3. The van der Waals surface area contributed by atoms with Gasteiger partial charge in [-0.3, -0.25) is 0 Å². The van der Waals surface area contributed by atoms with Crippen molar-refractivity contribution in [1.82, 2.24) is 20.2 Å². The van der Waals surface area contributed by atoms with Gasteiger partial charge in [0.2, 0.25) is 5.82 Å². The third-order valence-corrected chi connectivity index (χ3v) is 5.22. The smallest absolute Gasteiger partial charge is 0.210 e. The van der Waals surface area contributed by atoms with Crippen LogP contribution in [0.25, 0.3) is 6.08 Å². The maximum atomic E-state index is 6.33. The van der Waals surface area contributed by atoms with Crippen molar-refractivity contribution in [2.24, 2.45) is 11.3 Å². The molecule has 2 atom stereocenters. The minimum atomic E-state index is -0.0806. The van der Waals surface area contributed by atoms with Gasteiger partial charge in [0.15, 0.2) is 6.04 Å². The number of halogens is 2. The molecule has 2 aromatic rings. The average molecular weight is 411 g/mol. The lowest BCUT2D eigenvalue weighted by molar-refractivity contribution is -0.897. The monoisotopic (exact) mass is 410 g/mol. The lowest BCUT2D eigenvalue weighted by Crippen LogP contribution is -3.07. The molecule has 0 spiro atoms. The van der Waals surface area contributed by atoms with Crippen LogP contribution in [0.4, 0.5) is 0 Å². The number of nitrogens with one attached hydrogen (secondary N) is 1. The fourth-order valence-electron chi connectivity index (χ4n) is 3.39. The highest BCUT2D eigenvalue weighted by Crippen LogP contribution is 2.34. The molecule has 0 aliphatic carbocycles. The van der Waals surface area contributed by atoms with Crippen molar-refractivity contribution in [2.75, 3.05) is 14.1 Å². The van der Waals surface area contributed by atoms with E-state index in [-0.39, 0.29) is 17.5 Å². The van der Waals surface area contributed by atoms with Crippen LogP contribution in [0.3, 0.4) is 0 Å². The summed E-state index contributed by atoms with van der Waals surface area (Å²) in [7, 11) is 4.28. The van der Waals surface area contributed by atoms with E-state index in [2.05, 4.69) is 70.3 Å². The summed E-state index contributed by atoms with van der Waals surface area (Å²) in [6.45, 7) is 11.0. The fourth-order valence-corrected chi connectivity index (χ4v) is 3.87. The molecule has 7 heteroatoms. The van der Waals surface area contributed by atoms with Crippen molar-refractivity contribution < 1.29 is 4.90 Å². The number of tetrazole rings is 1. The summed E-state index contributed by atoms with van der Waals surface area (Å²) >= 11 is 12.3. The van der Waals surface area contributed by atoms with Crippen LogP contribution in [-0.4, -0.2) is 34.3 Å². The molecule has 0 radical (unpaired) electrons. The quantitative estimate of drug-likeness (QED) is 0.778. The zero-order chi connectivity index (χ0) is 20.4. The van der Waals surface area contributed by atoms with E-state index in [0.717, 1.165) is 11.4 Å². The van der Waals surface area contributed by atoms with Gasteiger partial charge in [0, 0.05) is 16.0 Å². The lowest BCUT2D eigenvalue weighted by Gasteiger charge is -2.31. The van der Waals surface area contributed by atoms with E-state index in [9.17, 15) is 0 Å². The summed E-state index contributed by atoms with van der Waals surface area (Å²) in [6, 6.07) is 5.70. The summed E-state index contributed by atoms with van der Waals surface area (Å²) in [4.78, 5) is 1.30. The minimum absolute atomic E-state index is 0.0187. The van der Waals surface area contributed by atoms with Crippen LogP contribution < -0.4 is 4.90 Å². The number of benzene rings is 1. The molecule has 0 unspecified atom stereocenters. The summed E-state index contributed by atoms with van der Waals surface area (Å²) in [6.07, 6.45) is 4.14. The molecule has 1 N–H and O–H groups in total. The van der Waals surface area contributed by atoms with Gasteiger partial charge in [-0.15, -0.1) is 5.10 Å². The predicted molar refractivity (Wildman–Crippen MR) is 112 cm³/mol. The molecule has 1 aromatic heterocycles. The van der Waals surface area contributed by atoms with Gasteiger partial charge in [0.05, 0.1) is 20.1 Å². The van der Waals surface area contributed by atoms with Gasteiger partial charge in [-0.2, -0.15) is 0 Å². The van der Waals surface area contributed by atoms with Crippen molar-refractivity contribution in [2.45, 2.75) is 46.7 Å². The molecule has 0 saturated carbocycles. The fraction of sp³-hybridized carbons (Fsp3) is 0.550. The maximum absolute atomic E-state index is 6.33. The van der Waals surface area contributed by atoms with Crippen LogP contribution >= 0.6 is 23.2 Å². The Bertz CT molecular complexity index is 782. The first kappa shape index (κ1) is 21.9. The second kappa shape index (κ2) is 8.72. The van der Waals surface area contributed by atoms with E-state index in [1.807, 2.05) is 22.9 Å². The normalized spacial score (nSPS) is 15.1. The molecule has 0 aliphatic heterocycles. The SMILES string of the molecule is CC(C)[C@H](c1nnnn1[C@@H](/C=C/c1ccc(Cl)cc1Cl)C(C)(C)C)[NH+](C)C. The molecular formula is C20H30Cl2N5+. The molecular weight excluding hydrogens is 381 g/mol. The highest BCUT2D eigenvalue weighted by atomic mass is 35.5. The van der Waals surface area contributed by atoms with E-state index in [1.165, 1.54) is 4.90 Å². The van der Waals surface area contributed by atoms with Gasteiger partial charge in [0.1, 0.15) is 0 Å². The molecule has 27 heavy (non-hydrogen) atoms. The van der Waals surface area contributed by atoms with Crippen LogP contribution in [0.5, 0.6) is 0 Å². The van der Waals surface area contributed by atoms with Gasteiger partial charge in [-0.1, -0.05) is 76.0 Å². The first-order chi connectivity index (χ1) is 12.5. The van der Waals surface area contributed by atoms with Crippen molar-refractivity contribution in [3.05, 3.63) is 45.7 Å². The molecule has 0 bridgehead atoms. The Kier molecular flexibility index (Phi) is 7.06. The van der Waals surface area contributed by atoms with Gasteiger partial charge in [-0.05, 0) is 33.5 Å². The van der Waals surface area contributed by atoms with Crippen molar-refractivity contribution in [3.8, 4) is 0 Å². The minimum Gasteiger partial charge on any atom is -0.331 e. The number of aromatic nitrogens is 4. The van der Waals surface area contributed by atoms with E-state index in [0.29, 0.717) is 16.0 Å². The topological polar surface area (TPSA) is 48.0 Å². The molecule has 2 rings (SSSR count). The van der Waals surface area contributed by atoms with Crippen LogP contribution in [0, 0.1) is 11.3 Å². The molecule has 0 aliphatic rings. The molecule has 0 fully saturated rings. The Morgan fingerprint density at radius 3 is 2.33 bits per heavy atom. The first-order valence-electron chi connectivity index (χ1n) is 9.23. The first-order valence-corrected chi connectivity index (χ1v) is 9.99. The van der Waals surface area contributed by atoms with Crippen LogP contribution in [0.1, 0.15) is 58.1 Å². The lowest BCUT2D eigenvalue weighted by atomic mass is 9.86. The van der Waals surface area contributed by atoms with Crippen molar-refractivity contribution in [1.29, 1.82) is 0 Å². The van der Waals surface area contributed by atoms with Gasteiger partial charge >= 0.3 is 0 Å². The zero-order valence-electron chi connectivity index (χ0n) is 17.2. The zero-order valence-corrected chi connectivity index (χ0v) is 18.7. The maximum Gasteiger partial charge on any atom is 0.210 e. The predicted octanol–water partition coefficient (Wildman–Crippen LogP) is 4.12. The Morgan fingerprint density at radius 1 is 1.15 bits per heavy atom. The number of nitrogens with zero attached hydrogens (tertiary/aromatic N) is 4. The molecule has 1 heterocycles. The molecule has 1 aromatic carbocycles. The van der Waals surface area contributed by atoms with Crippen molar-refractivity contribution >= 4 is 29.3 Å². The molecule has 0 saturated heterocycles. The van der Waals surface area contributed by atoms with Gasteiger partial charge in [-0.25, -0.2) is 4.68 Å². The van der Waals surface area contributed by atoms with E-state index in [1.54, 1.807) is 6.07 Å². The Morgan fingerprint density at radius 2 is 1.81 bits per heavy atom. The van der Waals surface area contributed by atoms with E-state index >= 15 is 0 Å². The second-order valence-electron chi connectivity index (χ2n) is 8.62. The van der Waals surface area contributed by atoms with E-state index in [4.69, 9.17) is 23.2 Å². The van der Waals surface area contributed by atoms with Crippen LogP contribution in [0.2, 0.25) is 10.0 Å². The Balaban J connectivity index is 2.47. The highest BCUT2D eigenvalue weighted by Gasteiger charge is 2.34. The molecule has 5 nitrogen and oxygen atoms in total. The number of allylic oxidation sites excluding steroid dienone is 1.